The molecule has 106 valence electrons. The standard InChI is InChI=1S/C18H16O3/c1-20-17-9-13-8-14(19)10-15(12-6-4-3-5-7-12)16(13)11-18(17)21-2/h3-7,9-11H,8H2,1-2H3. The Hall–Kier alpha value is -2.55. The number of carbonyl (C=O) groups excluding carboxylic acids is 1. The van der Waals surface area contributed by atoms with Crippen molar-refractivity contribution in [3.63, 3.8) is 0 Å². The molecule has 0 fully saturated rings. The van der Waals surface area contributed by atoms with Crippen molar-refractivity contribution >= 4 is 11.4 Å². The molecule has 0 aromatic heterocycles. The molecule has 0 bridgehead atoms. The minimum Gasteiger partial charge on any atom is -0.493 e. The highest BCUT2D eigenvalue weighted by Crippen LogP contribution is 2.38. The Bertz CT molecular complexity index is 715. The molecule has 0 unspecified atom stereocenters. The molecule has 3 nitrogen and oxygen atoms in total. The van der Waals surface area contributed by atoms with Crippen LogP contribution in [0.2, 0.25) is 0 Å². The summed E-state index contributed by atoms with van der Waals surface area (Å²) in [5, 5.41) is 0. The molecule has 0 saturated heterocycles. The zero-order valence-electron chi connectivity index (χ0n) is 12.1. The Morgan fingerprint density at radius 2 is 1.62 bits per heavy atom. The average molecular weight is 280 g/mol. The average Bonchev–Trinajstić information content (AvgIpc) is 2.53. The molecular weight excluding hydrogens is 264 g/mol. The number of fused-ring (bicyclic) bond motifs is 1. The van der Waals surface area contributed by atoms with Crippen molar-refractivity contribution in [2.24, 2.45) is 0 Å². The number of ketones is 1. The van der Waals surface area contributed by atoms with Crippen molar-refractivity contribution in [1.82, 2.24) is 0 Å². The Balaban J connectivity index is 2.19. The van der Waals surface area contributed by atoms with E-state index in [1.54, 1.807) is 20.3 Å². The topological polar surface area (TPSA) is 35.5 Å². The number of hydrogen-bond donors (Lipinski definition) is 0. The summed E-state index contributed by atoms with van der Waals surface area (Å²) in [6.45, 7) is 0. The number of ether oxygens (including phenoxy) is 2. The highest BCUT2D eigenvalue weighted by molar-refractivity contribution is 6.05. The summed E-state index contributed by atoms with van der Waals surface area (Å²) in [7, 11) is 3.22. The number of allylic oxidation sites excluding steroid dienone is 1. The van der Waals surface area contributed by atoms with Crippen LogP contribution in [-0.4, -0.2) is 20.0 Å². The number of methoxy groups -OCH3 is 2. The van der Waals surface area contributed by atoms with E-state index < -0.39 is 0 Å². The van der Waals surface area contributed by atoms with E-state index in [9.17, 15) is 4.79 Å². The Kier molecular flexibility index (Phi) is 3.48. The minimum absolute atomic E-state index is 0.105. The summed E-state index contributed by atoms with van der Waals surface area (Å²) in [6, 6.07) is 13.7. The van der Waals surface area contributed by atoms with Gasteiger partial charge in [-0.3, -0.25) is 4.79 Å². The molecule has 0 saturated carbocycles. The molecule has 3 heteroatoms. The minimum atomic E-state index is 0.105. The first-order valence-corrected chi connectivity index (χ1v) is 6.78. The molecule has 0 N–H and O–H groups in total. The lowest BCUT2D eigenvalue weighted by atomic mass is 9.86. The first-order valence-electron chi connectivity index (χ1n) is 6.78. The van der Waals surface area contributed by atoms with Crippen LogP contribution in [0.5, 0.6) is 11.5 Å². The van der Waals surface area contributed by atoms with E-state index in [4.69, 9.17) is 9.47 Å². The fourth-order valence-corrected chi connectivity index (χ4v) is 2.65. The van der Waals surface area contributed by atoms with Gasteiger partial charge in [0.15, 0.2) is 17.3 Å². The molecule has 3 rings (SSSR count). The second kappa shape index (κ2) is 5.44. The normalized spacial score (nSPS) is 13.4. The van der Waals surface area contributed by atoms with Gasteiger partial charge in [-0.15, -0.1) is 0 Å². The van der Waals surface area contributed by atoms with E-state index in [1.807, 2.05) is 42.5 Å². The monoisotopic (exact) mass is 280 g/mol. The summed E-state index contributed by atoms with van der Waals surface area (Å²) in [5.41, 5.74) is 3.96. The highest BCUT2D eigenvalue weighted by Gasteiger charge is 2.21. The van der Waals surface area contributed by atoms with Crippen LogP contribution in [0.4, 0.5) is 0 Å². The fraction of sp³-hybridized carbons (Fsp3) is 0.167. The predicted octanol–water partition coefficient (Wildman–Crippen LogP) is 3.26. The first-order chi connectivity index (χ1) is 10.2. The number of carbonyl (C=O) groups is 1. The van der Waals surface area contributed by atoms with Gasteiger partial charge < -0.3 is 9.47 Å². The third-order valence-electron chi connectivity index (χ3n) is 3.65. The van der Waals surface area contributed by atoms with E-state index in [0.29, 0.717) is 17.9 Å². The predicted molar refractivity (Wildman–Crippen MR) is 81.8 cm³/mol. The number of rotatable bonds is 3. The van der Waals surface area contributed by atoms with E-state index >= 15 is 0 Å². The second-order valence-electron chi connectivity index (χ2n) is 4.93. The van der Waals surface area contributed by atoms with Gasteiger partial charge in [0.2, 0.25) is 0 Å². The van der Waals surface area contributed by atoms with Crippen molar-refractivity contribution in [2.45, 2.75) is 6.42 Å². The molecule has 21 heavy (non-hydrogen) atoms. The van der Waals surface area contributed by atoms with Crippen molar-refractivity contribution in [2.75, 3.05) is 14.2 Å². The molecule has 0 radical (unpaired) electrons. The Morgan fingerprint density at radius 3 is 2.29 bits per heavy atom. The second-order valence-corrected chi connectivity index (χ2v) is 4.93. The molecule has 0 atom stereocenters. The number of hydrogen-bond acceptors (Lipinski definition) is 3. The smallest absolute Gasteiger partial charge is 0.161 e. The van der Waals surface area contributed by atoms with Gasteiger partial charge in [0.05, 0.1) is 14.2 Å². The van der Waals surface area contributed by atoms with Crippen LogP contribution in [0.25, 0.3) is 5.57 Å². The molecule has 2 aromatic carbocycles. The third kappa shape index (κ3) is 2.42. The fourth-order valence-electron chi connectivity index (χ4n) is 2.65. The zero-order chi connectivity index (χ0) is 14.8. The molecular formula is C18H16O3. The van der Waals surface area contributed by atoms with Crippen LogP contribution < -0.4 is 9.47 Å². The van der Waals surface area contributed by atoms with E-state index in [1.165, 1.54) is 0 Å². The quantitative estimate of drug-likeness (QED) is 0.865. The summed E-state index contributed by atoms with van der Waals surface area (Å²) in [6.07, 6.45) is 2.11. The number of benzene rings is 2. The maximum atomic E-state index is 12.0. The van der Waals surface area contributed by atoms with Gasteiger partial charge in [-0.1, -0.05) is 30.3 Å². The molecule has 0 aliphatic heterocycles. The maximum Gasteiger partial charge on any atom is 0.161 e. The summed E-state index contributed by atoms with van der Waals surface area (Å²) < 4.78 is 10.7. The van der Waals surface area contributed by atoms with Crippen LogP contribution in [0.1, 0.15) is 16.7 Å². The molecule has 0 spiro atoms. The maximum absolute atomic E-state index is 12.0. The summed E-state index contributed by atoms with van der Waals surface area (Å²) >= 11 is 0. The van der Waals surface area contributed by atoms with Gasteiger partial charge >= 0.3 is 0 Å². The Morgan fingerprint density at radius 1 is 0.952 bits per heavy atom. The Labute approximate surface area is 123 Å². The van der Waals surface area contributed by atoms with E-state index in [-0.39, 0.29) is 5.78 Å². The van der Waals surface area contributed by atoms with Gasteiger partial charge in [0.1, 0.15) is 0 Å². The van der Waals surface area contributed by atoms with Crippen molar-refractivity contribution in [1.29, 1.82) is 0 Å². The van der Waals surface area contributed by atoms with Crippen LogP contribution >= 0.6 is 0 Å². The van der Waals surface area contributed by atoms with Crippen LogP contribution in [-0.2, 0) is 11.2 Å². The van der Waals surface area contributed by atoms with E-state index in [0.717, 1.165) is 22.3 Å². The SMILES string of the molecule is COc1cc2c(cc1OC)C(c1ccccc1)=CC(=O)C2. The summed E-state index contributed by atoms with van der Waals surface area (Å²) in [4.78, 5) is 12.0. The molecule has 0 heterocycles. The van der Waals surface area contributed by atoms with Crippen LogP contribution in [0.3, 0.4) is 0 Å². The van der Waals surface area contributed by atoms with Gasteiger partial charge in [-0.2, -0.15) is 0 Å². The van der Waals surface area contributed by atoms with Crippen LogP contribution in [0.15, 0.2) is 48.5 Å². The molecule has 1 aliphatic carbocycles. The van der Waals surface area contributed by atoms with Gasteiger partial charge in [-0.05, 0) is 40.5 Å². The lowest BCUT2D eigenvalue weighted by Crippen LogP contribution is -2.10. The zero-order valence-corrected chi connectivity index (χ0v) is 12.1. The molecule has 0 amide bonds. The van der Waals surface area contributed by atoms with Crippen molar-refractivity contribution in [3.05, 3.63) is 65.2 Å². The summed E-state index contributed by atoms with van der Waals surface area (Å²) in [5.74, 6) is 1.43. The first kappa shape index (κ1) is 13.4. The lowest BCUT2D eigenvalue weighted by Gasteiger charge is -2.20. The van der Waals surface area contributed by atoms with Crippen molar-refractivity contribution in [3.8, 4) is 11.5 Å². The van der Waals surface area contributed by atoms with Crippen LogP contribution in [0, 0.1) is 0 Å². The highest BCUT2D eigenvalue weighted by atomic mass is 16.5. The molecule has 2 aromatic rings. The molecule has 1 aliphatic rings. The van der Waals surface area contributed by atoms with Gasteiger partial charge in [-0.25, -0.2) is 0 Å². The largest absolute Gasteiger partial charge is 0.493 e. The van der Waals surface area contributed by atoms with Crippen molar-refractivity contribution < 1.29 is 14.3 Å². The van der Waals surface area contributed by atoms with Gasteiger partial charge in [0, 0.05) is 6.42 Å². The third-order valence-corrected chi connectivity index (χ3v) is 3.65. The lowest BCUT2D eigenvalue weighted by molar-refractivity contribution is -0.114. The van der Waals surface area contributed by atoms with E-state index in [2.05, 4.69) is 0 Å². The van der Waals surface area contributed by atoms with Gasteiger partial charge in [0.25, 0.3) is 0 Å².